The monoisotopic (exact) mass is 482 g/mol. The Hall–Kier alpha value is -0.330. The first kappa shape index (κ1) is 18.0. The summed E-state index contributed by atoms with van der Waals surface area (Å²) < 4.78 is 24.9. The lowest BCUT2D eigenvalue weighted by molar-refractivity contribution is 0.601. The van der Waals surface area contributed by atoms with Gasteiger partial charge in [0.25, 0.3) is 0 Å². The van der Waals surface area contributed by atoms with Crippen LogP contribution in [0, 0.1) is 0 Å². The van der Waals surface area contributed by atoms with Gasteiger partial charge < -0.3 is 0 Å². The predicted octanol–water partition coefficient (Wildman–Crippen LogP) is 5.81. The number of halogens is 4. The lowest BCUT2D eigenvalue weighted by Crippen LogP contribution is -1.99. The fourth-order valence-corrected chi connectivity index (χ4v) is 4.65. The van der Waals surface area contributed by atoms with Gasteiger partial charge in [-0.2, -0.15) is 0 Å². The van der Waals surface area contributed by atoms with E-state index in [1.54, 1.807) is 12.1 Å². The van der Waals surface area contributed by atoms with Crippen LogP contribution >= 0.6 is 55.1 Å². The molecule has 0 saturated carbocycles. The first-order chi connectivity index (χ1) is 10.2. The Morgan fingerprint density at radius 2 is 1.50 bits per heavy atom. The van der Waals surface area contributed by atoms with E-state index in [2.05, 4.69) is 31.9 Å². The topological polar surface area (TPSA) is 34.1 Å². The van der Waals surface area contributed by atoms with Crippen LogP contribution in [-0.4, -0.2) is 14.7 Å². The zero-order valence-corrected chi connectivity index (χ0v) is 16.8. The van der Waals surface area contributed by atoms with Crippen molar-refractivity contribution in [3.63, 3.8) is 0 Å². The third-order valence-corrected chi connectivity index (χ3v) is 5.92. The van der Waals surface area contributed by atoms with Gasteiger partial charge in [0.05, 0.1) is 4.90 Å². The second-order valence-electron chi connectivity index (χ2n) is 4.56. The summed E-state index contributed by atoms with van der Waals surface area (Å²) >= 11 is 18.7. The number of hydrogen-bond donors (Lipinski definition) is 0. The number of rotatable bonds is 3. The summed E-state index contributed by atoms with van der Waals surface area (Å²) in [4.78, 5) is 0.220. The Balaban J connectivity index is 2.59. The zero-order chi connectivity index (χ0) is 16.5. The van der Waals surface area contributed by atoms with Gasteiger partial charge in [0, 0.05) is 20.8 Å². The van der Waals surface area contributed by atoms with Crippen molar-refractivity contribution < 1.29 is 8.42 Å². The van der Waals surface area contributed by atoms with Gasteiger partial charge in [-0.25, -0.2) is 8.42 Å². The van der Waals surface area contributed by atoms with E-state index < -0.39 is 9.84 Å². The third kappa shape index (κ3) is 4.15. The maximum absolute atomic E-state index is 11.7. The summed E-state index contributed by atoms with van der Waals surface area (Å²) in [6.45, 7) is 0. The van der Waals surface area contributed by atoms with Crippen molar-refractivity contribution in [2.75, 3.05) is 6.26 Å². The third-order valence-electron chi connectivity index (χ3n) is 2.94. The molecule has 2 aromatic carbocycles. The molecule has 0 N–H and O–H groups in total. The molecule has 0 aromatic heterocycles. The first-order valence-electron chi connectivity index (χ1n) is 6.01. The quantitative estimate of drug-likeness (QED) is 0.551. The lowest BCUT2D eigenvalue weighted by atomic mass is 10.00. The SMILES string of the molecule is CS(=O)(=O)c1ccc(C(=C(Cl)Cl)c2ccc(Br)cc2)cc1Br. The van der Waals surface area contributed by atoms with Crippen molar-refractivity contribution in [2.45, 2.75) is 4.90 Å². The van der Waals surface area contributed by atoms with Crippen molar-refractivity contribution in [1.82, 2.24) is 0 Å². The molecule has 0 atom stereocenters. The maximum Gasteiger partial charge on any atom is 0.176 e. The average molecular weight is 485 g/mol. The minimum atomic E-state index is -3.30. The molecule has 7 heteroatoms. The van der Waals surface area contributed by atoms with Crippen molar-refractivity contribution in [3.8, 4) is 0 Å². The second-order valence-corrected chi connectivity index (χ2v) is 9.26. The molecule has 0 amide bonds. The molecule has 116 valence electrons. The summed E-state index contributed by atoms with van der Waals surface area (Å²) in [6, 6.07) is 12.4. The summed E-state index contributed by atoms with van der Waals surface area (Å²) in [5.74, 6) is 0. The Kier molecular flexibility index (Phi) is 5.78. The van der Waals surface area contributed by atoms with Crippen LogP contribution in [0.5, 0.6) is 0 Å². The molecular weight excluding hydrogens is 475 g/mol. The van der Waals surface area contributed by atoms with Crippen LogP contribution in [0.25, 0.3) is 5.57 Å². The van der Waals surface area contributed by atoms with Crippen molar-refractivity contribution in [1.29, 1.82) is 0 Å². The van der Waals surface area contributed by atoms with Gasteiger partial charge in [-0.3, -0.25) is 0 Å². The fourth-order valence-electron chi connectivity index (χ4n) is 1.96. The maximum atomic E-state index is 11.7. The lowest BCUT2D eigenvalue weighted by Gasteiger charge is -2.11. The van der Waals surface area contributed by atoms with E-state index in [0.717, 1.165) is 21.9 Å². The van der Waals surface area contributed by atoms with Gasteiger partial charge in [-0.05, 0) is 51.3 Å². The molecule has 22 heavy (non-hydrogen) atoms. The van der Waals surface area contributed by atoms with E-state index in [4.69, 9.17) is 23.2 Å². The van der Waals surface area contributed by atoms with Gasteiger partial charge in [0.2, 0.25) is 0 Å². The fraction of sp³-hybridized carbons (Fsp3) is 0.0667. The van der Waals surface area contributed by atoms with Gasteiger partial charge >= 0.3 is 0 Å². The Labute approximate surface area is 156 Å². The molecule has 0 aliphatic heterocycles. The molecular formula is C15H10Br2Cl2O2S. The molecule has 0 saturated heterocycles. The van der Waals surface area contributed by atoms with Crippen molar-refractivity contribution >= 4 is 70.5 Å². The highest BCUT2D eigenvalue weighted by molar-refractivity contribution is 9.10. The number of hydrogen-bond acceptors (Lipinski definition) is 2. The first-order valence-corrected chi connectivity index (χ1v) is 10.2. The van der Waals surface area contributed by atoms with E-state index in [0.29, 0.717) is 10.0 Å². The highest BCUT2D eigenvalue weighted by atomic mass is 79.9. The molecule has 0 aliphatic carbocycles. The zero-order valence-electron chi connectivity index (χ0n) is 11.3. The van der Waals surface area contributed by atoms with Gasteiger partial charge in [0.15, 0.2) is 9.84 Å². The summed E-state index contributed by atoms with van der Waals surface area (Å²) in [6.07, 6.45) is 1.16. The molecule has 0 unspecified atom stereocenters. The van der Waals surface area contributed by atoms with Crippen LogP contribution < -0.4 is 0 Å². The average Bonchev–Trinajstić information content (AvgIpc) is 2.39. The van der Waals surface area contributed by atoms with Crippen LogP contribution in [0.15, 0.2) is 60.8 Å². The van der Waals surface area contributed by atoms with Crippen LogP contribution in [-0.2, 0) is 9.84 Å². The van der Waals surface area contributed by atoms with E-state index in [9.17, 15) is 8.42 Å². The molecule has 0 aliphatic rings. The molecule has 0 bridgehead atoms. The van der Waals surface area contributed by atoms with Crippen molar-refractivity contribution in [2.24, 2.45) is 0 Å². The Morgan fingerprint density at radius 1 is 0.955 bits per heavy atom. The highest BCUT2D eigenvalue weighted by Gasteiger charge is 2.15. The van der Waals surface area contributed by atoms with Crippen LogP contribution in [0.1, 0.15) is 11.1 Å². The smallest absolute Gasteiger partial charge is 0.176 e. The Morgan fingerprint density at radius 3 is 1.95 bits per heavy atom. The van der Waals surface area contributed by atoms with E-state index in [-0.39, 0.29) is 9.39 Å². The summed E-state index contributed by atoms with van der Waals surface area (Å²) in [5.41, 5.74) is 2.19. The molecule has 2 nitrogen and oxygen atoms in total. The van der Waals surface area contributed by atoms with E-state index >= 15 is 0 Å². The van der Waals surface area contributed by atoms with Crippen LogP contribution in [0.3, 0.4) is 0 Å². The Bertz CT molecular complexity index is 840. The van der Waals surface area contributed by atoms with Crippen LogP contribution in [0.2, 0.25) is 0 Å². The van der Waals surface area contributed by atoms with E-state index in [1.807, 2.05) is 24.3 Å². The number of benzene rings is 2. The predicted molar refractivity (Wildman–Crippen MR) is 99.1 cm³/mol. The molecule has 2 aromatic rings. The number of sulfone groups is 1. The largest absolute Gasteiger partial charge is 0.224 e. The molecule has 2 rings (SSSR count). The summed E-state index contributed by atoms with van der Waals surface area (Å²) in [5, 5.41) is 0. The highest BCUT2D eigenvalue weighted by Crippen LogP contribution is 2.34. The molecule has 0 radical (unpaired) electrons. The van der Waals surface area contributed by atoms with Gasteiger partial charge in [-0.15, -0.1) is 0 Å². The van der Waals surface area contributed by atoms with E-state index in [1.165, 1.54) is 6.07 Å². The second kappa shape index (κ2) is 7.05. The molecule has 0 spiro atoms. The van der Waals surface area contributed by atoms with Gasteiger partial charge in [0.1, 0.15) is 4.49 Å². The van der Waals surface area contributed by atoms with Crippen LogP contribution in [0.4, 0.5) is 0 Å². The molecule has 0 heterocycles. The normalized spacial score (nSPS) is 11.3. The molecule has 0 fully saturated rings. The van der Waals surface area contributed by atoms with Gasteiger partial charge in [-0.1, -0.05) is 57.3 Å². The minimum Gasteiger partial charge on any atom is -0.224 e. The minimum absolute atomic E-state index is 0.112. The summed E-state index contributed by atoms with van der Waals surface area (Å²) in [7, 11) is -3.30. The van der Waals surface area contributed by atoms with Crippen molar-refractivity contribution in [3.05, 3.63) is 67.0 Å². The standard InChI is InChI=1S/C15H10Br2Cl2O2S/c1-22(20,21)13-7-4-10(8-12(13)17)14(15(18)19)9-2-5-11(16)6-3-9/h2-8H,1H3.